The van der Waals surface area contributed by atoms with Crippen molar-refractivity contribution in [3.05, 3.63) is 34.0 Å². The third-order valence-corrected chi connectivity index (χ3v) is 3.26. The molecule has 2 heterocycles. The molecule has 2 aromatic heterocycles. The van der Waals surface area contributed by atoms with Crippen LogP contribution in [0.1, 0.15) is 20.4 Å². The largest absolute Gasteiger partial charge is 0.397 e. The van der Waals surface area contributed by atoms with E-state index < -0.39 is 0 Å². The van der Waals surface area contributed by atoms with Crippen LogP contribution in [0.2, 0.25) is 0 Å². The van der Waals surface area contributed by atoms with Crippen LogP contribution in [0.5, 0.6) is 0 Å². The number of thiazole rings is 1. The van der Waals surface area contributed by atoms with E-state index in [1.54, 1.807) is 41.4 Å². The summed E-state index contributed by atoms with van der Waals surface area (Å²) in [5.74, 6) is -0.129. The summed E-state index contributed by atoms with van der Waals surface area (Å²) < 4.78 is 1.71. The van der Waals surface area contributed by atoms with Gasteiger partial charge in [0, 0.05) is 24.3 Å². The highest BCUT2D eigenvalue weighted by atomic mass is 32.1. The molecule has 17 heavy (non-hydrogen) atoms. The summed E-state index contributed by atoms with van der Waals surface area (Å²) in [5, 5.41) is 3.84. The number of aromatic nitrogens is 2. The zero-order valence-corrected chi connectivity index (χ0v) is 10.5. The number of amides is 1. The zero-order valence-electron chi connectivity index (χ0n) is 9.73. The van der Waals surface area contributed by atoms with Gasteiger partial charge in [-0.2, -0.15) is 0 Å². The van der Waals surface area contributed by atoms with E-state index in [0.29, 0.717) is 17.9 Å². The number of rotatable bonds is 3. The first-order valence-electron chi connectivity index (χ1n) is 5.17. The fraction of sp³-hybridized carbons (Fsp3) is 0.273. The molecule has 0 aliphatic carbocycles. The Morgan fingerprint density at radius 1 is 1.65 bits per heavy atom. The maximum Gasteiger partial charge on any atom is 0.268 e. The Morgan fingerprint density at radius 2 is 2.41 bits per heavy atom. The Bertz CT molecular complexity index is 543. The SMILES string of the molecule is Cc1ncc(CNC(=O)c2cc(N)cn2C)s1. The van der Waals surface area contributed by atoms with Gasteiger partial charge in [0.2, 0.25) is 0 Å². The Labute approximate surface area is 103 Å². The highest BCUT2D eigenvalue weighted by molar-refractivity contribution is 7.11. The average Bonchev–Trinajstić information content (AvgIpc) is 2.81. The molecule has 0 radical (unpaired) electrons. The molecule has 0 saturated carbocycles. The maximum absolute atomic E-state index is 11.9. The molecule has 0 fully saturated rings. The normalized spacial score (nSPS) is 10.5. The molecule has 3 N–H and O–H groups in total. The van der Waals surface area contributed by atoms with Gasteiger partial charge in [0.25, 0.3) is 5.91 Å². The predicted octanol–water partition coefficient (Wildman–Crippen LogP) is 1.30. The number of nitrogens with two attached hydrogens (primary N) is 1. The molecule has 5 nitrogen and oxygen atoms in total. The van der Waals surface area contributed by atoms with Crippen LogP contribution in [0, 0.1) is 6.92 Å². The minimum atomic E-state index is -0.129. The molecule has 1 amide bonds. The summed E-state index contributed by atoms with van der Waals surface area (Å²) in [6.07, 6.45) is 3.49. The molecule has 0 aromatic carbocycles. The third kappa shape index (κ3) is 2.65. The molecule has 0 atom stereocenters. The van der Waals surface area contributed by atoms with Crippen LogP contribution in [-0.4, -0.2) is 15.5 Å². The van der Waals surface area contributed by atoms with Gasteiger partial charge in [-0.15, -0.1) is 11.3 Å². The lowest BCUT2D eigenvalue weighted by Gasteiger charge is -2.03. The first-order chi connectivity index (χ1) is 8.06. The van der Waals surface area contributed by atoms with Gasteiger partial charge in [0.1, 0.15) is 5.69 Å². The van der Waals surface area contributed by atoms with E-state index in [9.17, 15) is 4.79 Å². The van der Waals surface area contributed by atoms with Gasteiger partial charge in [0.05, 0.1) is 17.2 Å². The molecule has 2 rings (SSSR count). The van der Waals surface area contributed by atoms with Crippen molar-refractivity contribution in [3.63, 3.8) is 0 Å². The molecule has 0 saturated heterocycles. The summed E-state index contributed by atoms with van der Waals surface area (Å²) >= 11 is 1.58. The van der Waals surface area contributed by atoms with Crippen LogP contribution in [-0.2, 0) is 13.6 Å². The Kier molecular flexibility index (Phi) is 3.14. The van der Waals surface area contributed by atoms with Crippen molar-refractivity contribution < 1.29 is 4.79 Å². The number of hydrogen-bond acceptors (Lipinski definition) is 4. The van der Waals surface area contributed by atoms with Crippen LogP contribution in [0.4, 0.5) is 5.69 Å². The molecule has 0 aliphatic heterocycles. The molecule has 0 spiro atoms. The molecular formula is C11H14N4OS. The Morgan fingerprint density at radius 3 is 2.94 bits per heavy atom. The first-order valence-corrected chi connectivity index (χ1v) is 5.99. The van der Waals surface area contributed by atoms with Crippen LogP contribution < -0.4 is 11.1 Å². The minimum absolute atomic E-state index is 0.129. The second kappa shape index (κ2) is 4.58. The smallest absolute Gasteiger partial charge is 0.268 e. The first kappa shape index (κ1) is 11.7. The lowest BCUT2D eigenvalue weighted by molar-refractivity contribution is 0.0943. The molecule has 0 bridgehead atoms. The summed E-state index contributed by atoms with van der Waals surface area (Å²) in [5.41, 5.74) is 6.77. The van der Waals surface area contributed by atoms with Crippen molar-refractivity contribution in [3.8, 4) is 0 Å². The minimum Gasteiger partial charge on any atom is -0.397 e. The van der Waals surface area contributed by atoms with Crippen LogP contribution in [0.15, 0.2) is 18.5 Å². The standard InChI is InChI=1S/C11H14N4OS/c1-7-13-4-9(17-7)5-14-11(16)10-3-8(12)6-15(10)2/h3-4,6H,5,12H2,1-2H3,(H,14,16). The van der Waals surface area contributed by atoms with Gasteiger partial charge in [-0.3, -0.25) is 4.79 Å². The Hall–Kier alpha value is -1.82. The van der Waals surface area contributed by atoms with Gasteiger partial charge in [-0.25, -0.2) is 4.98 Å². The third-order valence-electron chi connectivity index (χ3n) is 2.35. The molecule has 2 aromatic rings. The number of hydrogen-bond donors (Lipinski definition) is 2. The second-order valence-corrected chi connectivity index (χ2v) is 5.12. The van der Waals surface area contributed by atoms with E-state index >= 15 is 0 Å². The van der Waals surface area contributed by atoms with Crippen LogP contribution in [0.25, 0.3) is 0 Å². The number of nitrogen functional groups attached to an aromatic ring is 1. The highest BCUT2D eigenvalue weighted by Crippen LogP contribution is 2.12. The van der Waals surface area contributed by atoms with Gasteiger partial charge in [0.15, 0.2) is 0 Å². The van der Waals surface area contributed by atoms with Crippen molar-refractivity contribution in [2.24, 2.45) is 7.05 Å². The van der Waals surface area contributed by atoms with E-state index in [2.05, 4.69) is 10.3 Å². The van der Waals surface area contributed by atoms with Crippen LogP contribution in [0.3, 0.4) is 0 Å². The van der Waals surface area contributed by atoms with Crippen molar-refractivity contribution in [2.45, 2.75) is 13.5 Å². The van der Waals surface area contributed by atoms with Crippen LogP contribution >= 0.6 is 11.3 Å². The lowest BCUT2D eigenvalue weighted by atomic mass is 10.4. The predicted molar refractivity (Wildman–Crippen MR) is 67.8 cm³/mol. The Balaban J connectivity index is 2.00. The second-order valence-electron chi connectivity index (χ2n) is 3.80. The van der Waals surface area contributed by atoms with E-state index in [4.69, 9.17) is 5.73 Å². The fourth-order valence-electron chi connectivity index (χ4n) is 1.56. The van der Waals surface area contributed by atoms with Crippen molar-refractivity contribution in [2.75, 3.05) is 5.73 Å². The molecule has 0 aliphatic rings. The summed E-state index contributed by atoms with van der Waals surface area (Å²) in [4.78, 5) is 17.0. The topological polar surface area (TPSA) is 72.9 Å². The number of carbonyl (C=O) groups is 1. The van der Waals surface area contributed by atoms with E-state index in [-0.39, 0.29) is 5.91 Å². The molecular weight excluding hydrogens is 236 g/mol. The van der Waals surface area contributed by atoms with Gasteiger partial charge < -0.3 is 15.6 Å². The maximum atomic E-state index is 11.9. The summed E-state index contributed by atoms with van der Waals surface area (Å²) in [6, 6.07) is 1.66. The van der Waals surface area contributed by atoms with Gasteiger partial charge in [-0.1, -0.05) is 0 Å². The fourth-order valence-corrected chi connectivity index (χ4v) is 2.30. The van der Waals surface area contributed by atoms with Crippen molar-refractivity contribution in [1.82, 2.24) is 14.9 Å². The number of anilines is 1. The molecule has 0 unspecified atom stereocenters. The highest BCUT2D eigenvalue weighted by Gasteiger charge is 2.10. The monoisotopic (exact) mass is 250 g/mol. The quantitative estimate of drug-likeness (QED) is 0.862. The van der Waals surface area contributed by atoms with E-state index in [0.717, 1.165) is 9.88 Å². The number of nitrogens with one attached hydrogen (secondary N) is 1. The van der Waals surface area contributed by atoms with Crippen molar-refractivity contribution >= 4 is 22.9 Å². The van der Waals surface area contributed by atoms with Crippen molar-refractivity contribution in [1.29, 1.82) is 0 Å². The lowest BCUT2D eigenvalue weighted by Crippen LogP contribution is -2.24. The number of aryl methyl sites for hydroxylation is 2. The van der Waals surface area contributed by atoms with E-state index in [1.165, 1.54) is 0 Å². The van der Waals surface area contributed by atoms with Gasteiger partial charge in [-0.05, 0) is 13.0 Å². The zero-order chi connectivity index (χ0) is 12.4. The number of carbonyl (C=O) groups excluding carboxylic acids is 1. The average molecular weight is 250 g/mol. The molecule has 6 heteroatoms. The molecule has 90 valence electrons. The van der Waals surface area contributed by atoms with Gasteiger partial charge >= 0.3 is 0 Å². The summed E-state index contributed by atoms with van der Waals surface area (Å²) in [6.45, 7) is 2.43. The number of nitrogens with zero attached hydrogens (tertiary/aromatic N) is 2. The van der Waals surface area contributed by atoms with E-state index in [1.807, 2.05) is 6.92 Å². The summed E-state index contributed by atoms with van der Waals surface area (Å²) in [7, 11) is 1.79.